The highest BCUT2D eigenvalue weighted by molar-refractivity contribution is 7.10. The Morgan fingerprint density at radius 1 is 1.08 bits per heavy atom. The molecular formula is C20H19N3OS. The van der Waals surface area contributed by atoms with Crippen molar-refractivity contribution >= 4 is 23.3 Å². The second kappa shape index (κ2) is 8.89. The molecule has 0 aliphatic carbocycles. The van der Waals surface area contributed by atoms with E-state index >= 15 is 0 Å². The van der Waals surface area contributed by atoms with E-state index in [-0.39, 0.29) is 5.91 Å². The summed E-state index contributed by atoms with van der Waals surface area (Å²) in [7, 11) is 0. The molecule has 1 aromatic carbocycles. The second-order valence-electron chi connectivity index (χ2n) is 5.56. The number of aromatic nitrogens is 2. The van der Waals surface area contributed by atoms with Crippen molar-refractivity contribution in [2.75, 3.05) is 6.54 Å². The lowest BCUT2D eigenvalue weighted by Gasteiger charge is -2.21. The van der Waals surface area contributed by atoms with Crippen LogP contribution in [-0.4, -0.2) is 27.3 Å². The Labute approximate surface area is 151 Å². The van der Waals surface area contributed by atoms with Gasteiger partial charge in [0, 0.05) is 43.1 Å². The van der Waals surface area contributed by atoms with E-state index in [4.69, 9.17) is 0 Å². The smallest absolute Gasteiger partial charge is 0.246 e. The minimum Gasteiger partial charge on any atom is -0.334 e. The van der Waals surface area contributed by atoms with Gasteiger partial charge in [0.1, 0.15) is 5.01 Å². The number of thiazole rings is 1. The molecule has 4 nitrogen and oxygen atoms in total. The lowest BCUT2D eigenvalue weighted by atomic mass is 10.1. The summed E-state index contributed by atoms with van der Waals surface area (Å²) in [5.41, 5.74) is 2.24. The van der Waals surface area contributed by atoms with Crippen LogP contribution < -0.4 is 0 Å². The molecule has 0 saturated heterocycles. The summed E-state index contributed by atoms with van der Waals surface area (Å²) in [6.07, 6.45) is 9.46. The molecule has 0 aliphatic rings. The number of pyridine rings is 1. The van der Waals surface area contributed by atoms with E-state index in [1.165, 1.54) is 16.9 Å². The van der Waals surface area contributed by atoms with Gasteiger partial charge in [0.25, 0.3) is 0 Å². The van der Waals surface area contributed by atoms with Crippen LogP contribution in [0, 0.1) is 0 Å². The number of hydrogen-bond acceptors (Lipinski definition) is 4. The second-order valence-corrected chi connectivity index (χ2v) is 6.49. The maximum atomic E-state index is 12.7. The Morgan fingerprint density at radius 2 is 1.92 bits per heavy atom. The van der Waals surface area contributed by atoms with Crippen molar-refractivity contribution in [2.24, 2.45) is 0 Å². The molecule has 0 radical (unpaired) electrons. The van der Waals surface area contributed by atoms with Crippen LogP contribution in [0.5, 0.6) is 0 Å². The first-order valence-corrected chi connectivity index (χ1v) is 8.98. The van der Waals surface area contributed by atoms with Crippen molar-refractivity contribution < 1.29 is 4.79 Å². The van der Waals surface area contributed by atoms with E-state index < -0.39 is 0 Å². The third kappa shape index (κ3) is 5.36. The molecule has 2 aromatic heterocycles. The minimum atomic E-state index is -0.0185. The van der Waals surface area contributed by atoms with Gasteiger partial charge in [0.2, 0.25) is 5.91 Å². The standard InChI is InChI=1S/C20H19N3OS/c24-20(9-8-19-22-12-14-25-19)23(16-18-7-4-11-21-15-18)13-10-17-5-2-1-3-6-17/h1-9,11-12,14-15H,10,13,16H2. The monoisotopic (exact) mass is 349 g/mol. The predicted octanol–water partition coefficient (Wildman–Crippen LogP) is 3.82. The number of carbonyl (C=O) groups is 1. The molecule has 3 rings (SSSR count). The van der Waals surface area contributed by atoms with Gasteiger partial charge >= 0.3 is 0 Å². The van der Waals surface area contributed by atoms with E-state index in [0.717, 1.165) is 17.0 Å². The van der Waals surface area contributed by atoms with Gasteiger partial charge < -0.3 is 4.90 Å². The minimum absolute atomic E-state index is 0.0185. The third-order valence-corrected chi connectivity index (χ3v) is 4.48. The van der Waals surface area contributed by atoms with Crippen LogP contribution in [0.2, 0.25) is 0 Å². The normalized spacial score (nSPS) is 10.9. The molecule has 0 spiro atoms. The highest BCUT2D eigenvalue weighted by atomic mass is 32.1. The summed E-state index contributed by atoms with van der Waals surface area (Å²) < 4.78 is 0. The van der Waals surface area contributed by atoms with Crippen LogP contribution in [0.15, 0.2) is 72.5 Å². The van der Waals surface area contributed by atoms with Gasteiger partial charge in [0.15, 0.2) is 0 Å². The van der Waals surface area contributed by atoms with Gasteiger partial charge in [-0.2, -0.15) is 0 Å². The summed E-state index contributed by atoms with van der Waals surface area (Å²) in [6.45, 7) is 1.20. The van der Waals surface area contributed by atoms with Crippen LogP contribution in [0.3, 0.4) is 0 Å². The Bertz CT molecular complexity index is 801. The largest absolute Gasteiger partial charge is 0.334 e. The fourth-order valence-corrected chi connectivity index (χ4v) is 2.98. The lowest BCUT2D eigenvalue weighted by Crippen LogP contribution is -2.31. The summed E-state index contributed by atoms with van der Waals surface area (Å²) in [5, 5.41) is 2.73. The van der Waals surface area contributed by atoms with Gasteiger partial charge in [-0.25, -0.2) is 4.98 Å². The Kier molecular flexibility index (Phi) is 6.06. The van der Waals surface area contributed by atoms with E-state index in [2.05, 4.69) is 22.1 Å². The molecule has 0 atom stereocenters. The maximum absolute atomic E-state index is 12.7. The van der Waals surface area contributed by atoms with Crippen molar-refractivity contribution in [1.82, 2.24) is 14.9 Å². The zero-order chi connectivity index (χ0) is 17.3. The van der Waals surface area contributed by atoms with Crippen molar-refractivity contribution in [3.05, 3.63) is 88.6 Å². The molecule has 0 aliphatic heterocycles. The van der Waals surface area contributed by atoms with Crippen LogP contribution in [-0.2, 0) is 17.8 Å². The average molecular weight is 349 g/mol. The number of nitrogens with zero attached hydrogens (tertiary/aromatic N) is 3. The fraction of sp³-hybridized carbons (Fsp3) is 0.150. The van der Waals surface area contributed by atoms with E-state index in [1.807, 2.05) is 40.6 Å². The Balaban J connectivity index is 1.69. The van der Waals surface area contributed by atoms with Crippen molar-refractivity contribution in [2.45, 2.75) is 13.0 Å². The maximum Gasteiger partial charge on any atom is 0.246 e. The van der Waals surface area contributed by atoms with E-state index in [1.54, 1.807) is 30.7 Å². The molecule has 0 N–H and O–H groups in total. The lowest BCUT2D eigenvalue weighted by molar-refractivity contribution is -0.126. The summed E-state index contributed by atoms with van der Waals surface area (Å²) in [5.74, 6) is -0.0185. The van der Waals surface area contributed by atoms with Crippen LogP contribution in [0.4, 0.5) is 0 Å². The van der Waals surface area contributed by atoms with Gasteiger partial charge in [0.05, 0.1) is 0 Å². The fourth-order valence-electron chi connectivity index (χ4n) is 2.45. The van der Waals surface area contributed by atoms with Crippen LogP contribution in [0.25, 0.3) is 6.08 Å². The molecule has 0 saturated carbocycles. The molecule has 126 valence electrons. The SMILES string of the molecule is O=C(C=Cc1nccs1)N(CCc1ccccc1)Cc1cccnc1. The number of amides is 1. The van der Waals surface area contributed by atoms with Gasteiger partial charge in [-0.15, -0.1) is 11.3 Å². The third-order valence-electron chi connectivity index (χ3n) is 3.74. The molecular weight excluding hydrogens is 330 g/mol. The van der Waals surface area contributed by atoms with Crippen molar-refractivity contribution in [3.63, 3.8) is 0 Å². The molecule has 25 heavy (non-hydrogen) atoms. The van der Waals surface area contributed by atoms with Crippen LogP contribution in [0.1, 0.15) is 16.1 Å². The molecule has 3 aromatic rings. The first-order chi connectivity index (χ1) is 12.3. The molecule has 0 fully saturated rings. The number of benzene rings is 1. The van der Waals surface area contributed by atoms with Gasteiger partial charge in [-0.05, 0) is 29.7 Å². The zero-order valence-electron chi connectivity index (χ0n) is 13.8. The van der Waals surface area contributed by atoms with Crippen molar-refractivity contribution in [1.29, 1.82) is 0 Å². The summed E-state index contributed by atoms with van der Waals surface area (Å²) in [6, 6.07) is 14.1. The summed E-state index contributed by atoms with van der Waals surface area (Å²) >= 11 is 1.51. The quantitative estimate of drug-likeness (QED) is 0.609. The highest BCUT2D eigenvalue weighted by Gasteiger charge is 2.12. The number of rotatable bonds is 7. The van der Waals surface area contributed by atoms with E-state index in [9.17, 15) is 4.79 Å². The molecule has 0 unspecified atom stereocenters. The van der Waals surface area contributed by atoms with Gasteiger partial charge in [-0.1, -0.05) is 36.4 Å². The first kappa shape index (κ1) is 17.0. The van der Waals surface area contributed by atoms with Crippen LogP contribution >= 0.6 is 11.3 Å². The highest BCUT2D eigenvalue weighted by Crippen LogP contribution is 2.10. The molecule has 1 amide bonds. The first-order valence-electron chi connectivity index (χ1n) is 8.10. The Morgan fingerprint density at radius 3 is 2.64 bits per heavy atom. The van der Waals surface area contributed by atoms with Gasteiger partial charge in [-0.3, -0.25) is 9.78 Å². The topological polar surface area (TPSA) is 46.1 Å². The number of hydrogen-bond donors (Lipinski definition) is 0. The summed E-state index contributed by atoms with van der Waals surface area (Å²) in [4.78, 5) is 22.8. The molecule has 0 bridgehead atoms. The van der Waals surface area contributed by atoms with E-state index in [0.29, 0.717) is 13.1 Å². The predicted molar refractivity (Wildman–Crippen MR) is 101 cm³/mol. The Hall–Kier alpha value is -2.79. The molecule has 5 heteroatoms. The average Bonchev–Trinajstić information content (AvgIpc) is 3.18. The van der Waals surface area contributed by atoms with Crippen molar-refractivity contribution in [3.8, 4) is 0 Å². The zero-order valence-corrected chi connectivity index (χ0v) is 14.6. The molecule has 2 heterocycles. The number of carbonyl (C=O) groups excluding carboxylic acids is 1.